The number of benzene rings is 2. The number of fused-ring (bicyclic) bond motifs is 1. The lowest BCUT2D eigenvalue weighted by Gasteiger charge is -2.07. The van der Waals surface area contributed by atoms with Crippen molar-refractivity contribution < 1.29 is 9.59 Å². The van der Waals surface area contributed by atoms with Gasteiger partial charge < -0.3 is 5.32 Å². The number of nitrogens with one attached hydrogen (secondary N) is 1. The monoisotopic (exact) mass is 323 g/mol. The molecule has 6 nitrogen and oxygen atoms in total. The maximum atomic E-state index is 12.3. The van der Waals surface area contributed by atoms with E-state index in [2.05, 4.69) is 5.32 Å². The number of carbonyl (C=O) groups excluding carboxylic acids is 2. The van der Waals surface area contributed by atoms with E-state index in [0.29, 0.717) is 16.8 Å². The van der Waals surface area contributed by atoms with Crippen LogP contribution >= 0.6 is 0 Å². The number of amides is 1. The highest BCUT2D eigenvalue weighted by molar-refractivity contribution is 5.95. The molecule has 0 saturated carbocycles. The Morgan fingerprint density at radius 3 is 2.25 bits per heavy atom. The third-order valence-corrected chi connectivity index (χ3v) is 3.93. The largest absolute Gasteiger partial charge is 0.329 e. The fourth-order valence-corrected chi connectivity index (χ4v) is 2.65. The summed E-state index contributed by atoms with van der Waals surface area (Å²) in [6.07, 6.45) is 0. The minimum atomic E-state index is -0.302. The summed E-state index contributed by atoms with van der Waals surface area (Å²) in [4.78, 5) is 35.8. The first kappa shape index (κ1) is 15.7. The van der Waals surface area contributed by atoms with Gasteiger partial charge in [0.1, 0.15) is 6.54 Å². The van der Waals surface area contributed by atoms with E-state index in [9.17, 15) is 14.4 Å². The van der Waals surface area contributed by atoms with E-state index in [4.69, 9.17) is 0 Å². The van der Waals surface area contributed by atoms with E-state index >= 15 is 0 Å². The second-order valence-electron chi connectivity index (χ2n) is 5.60. The zero-order valence-electron chi connectivity index (χ0n) is 13.4. The summed E-state index contributed by atoms with van der Waals surface area (Å²) in [5.74, 6) is -0.334. The van der Waals surface area contributed by atoms with E-state index in [-0.39, 0.29) is 23.9 Å². The van der Waals surface area contributed by atoms with Crippen molar-refractivity contribution in [2.75, 3.05) is 5.32 Å². The third kappa shape index (κ3) is 2.86. The molecule has 1 N–H and O–H groups in total. The Balaban J connectivity index is 1.82. The van der Waals surface area contributed by atoms with Crippen LogP contribution in [0.1, 0.15) is 17.3 Å². The SMILES string of the molecule is CC(=O)c1ccc(NC(=O)Cn2c(=O)n(C)c3ccccc32)cc1. The smallest absolute Gasteiger partial charge is 0.325 e. The lowest BCUT2D eigenvalue weighted by molar-refractivity contribution is -0.116. The molecule has 122 valence electrons. The van der Waals surface area contributed by atoms with Crippen molar-refractivity contribution in [1.29, 1.82) is 0 Å². The Hall–Kier alpha value is -3.15. The van der Waals surface area contributed by atoms with Crippen LogP contribution in [0.3, 0.4) is 0 Å². The molecule has 1 heterocycles. The minimum Gasteiger partial charge on any atom is -0.325 e. The van der Waals surface area contributed by atoms with Crippen LogP contribution in [0.5, 0.6) is 0 Å². The number of hydrogen-bond acceptors (Lipinski definition) is 3. The van der Waals surface area contributed by atoms with Crippen molar-refractivity contribution in [1.82, 2.24) is 9.13 Å². The Morgan fingerprint density at radius 1 is 1.00 bits per heavy atom. The van der Waals surface area contributed by atoms with Gasteiger partial charge >= 0.3 is 5.69 Å². The van der Waals surface area contributed by atoms with Crippen molar-refractivity contribution >= 4 is 28.4 Å². The normalized spacial score (nSPS) is 10.8. The fourth-order valence-electron chi connectivity index (χ4n) is 2.65. The molecular formula is C18H17N3O3. The minimum absolute atomic E-state index is 0.0322. The van der Waals surface area contributed by atoms with Crippen LogP contribution in [0.4, 0.5) is 5.69 Å². The molecule has 2 aromatic carbocycles. The molecule has 0 aliphatic carbocycles. The number of imidazole rings is 1. The molecule has 0 aliphatic heterocycles. The fraction of sp³-hybridized carbons (Fsp3) is 0.167. The molecule has 0 fully saturated rings. The summed E-state index contributed by atoms with van der Waals surface area (Å²) in [7, 11) is 1.68. The number of ketones is 1. The summed E-state index contributed by atoms with van der Waals surface area (Å²) in [6.45, 7) is 1.41. The van der Waals surface area contributed by atoms with Gasteiger partial charge in [0.15, 0.2) is 5.78 Å². The number of nitrogens with zero attached hydrogens (tertiary/aromatic N) is 2. The van der Waals surface area contributed by atoms with E-state index < -0.39 is 0 Å². The molecule has 0 bridgehead atoms. The van der Waals surface area contributed by atoms with Crippen LogP contribution in [-0.2, 0) is 18.4 Å². The Morgan fingerprint density at radius 2 is 1.62 bits per heavy atom. The number of rotatable bonds is 4. The van der Waals surface area contributed by atoms with Gasteiger partial charge in [-0.05, 0) is 43.3 Å². The molecule has 1 aromatic heterocycles. The van der Waals surface area contributed by atoms with Gasteiger partial charge in [0.25, 0.3) is 0 Å². The molecule has 0 atom stereocenters. The van der Waals surface area contributed by atoms with Gasteiger partial charge in [0.05, 0.1) is 11.0 Å². The highest BCUT2D eigenvalue weighted by Crippen LogP contribution is 2.13. The van der Waals surface area contributed by atoms with Crippen LogP contribution in [0.15, 0.2) is 53.3 Å². The highest BCUT2D eigenvalue weighted by Gasteiger charge is 2.13. The molecule has 0 spiro atoms. The van der Waals surface area contributed by atoms with Gasteiger partial charge in [0.2, 0.25) is 5.91 Å². The first-order valence-corrected chi connectivity index (χ1v) is 7.52. The predicted octanol–water partition coefficient (Wildman–Crippen LogP) is 2.18. The average Bonchev–Trinajstić information content (AvgIpc) is 2.81. The molecule has 1 amide bonds. The van der Waals surface area contributed by atoms with E-state index in [0.717, 1.165) is 5.52 Å². The number of anilines is 1. The standard InChI is InChI=1S/C18H17N3O3/c1-12(22)13-7-9-14(10-8-13)19-17(23)11-21-16-6-4-3-5-15(16)20(2)18(21)24/h3-10H,11H2,1-2H3,(H,19,23). The molecule has 3 rings (SSSR count). The second-order valence-corrected chi connectivity index (χ2v) is 5.60. The van der Waals surface area contributed by atoms with E-state index in [1.807, 2.05) is 24.3 Å². The van der Waals surface area contributed by atoms with Crippen LogP contribution in [0.2, 0.25) is 0 Å². The summed E-state index contributed by atoms with van der Waals surface area (Å²) in [5, 5.41) is 2.74. The van der Waals surface area contributed by atoms with Gasteiger partial charge in [-0.15, -0.1) is 0 Å². The summed E-state index contributed by atoms with van der Waals surface area (Å²) in [6, 6.07) is 14.0. The molecular weight excluding hydrogens is 306 g/mol. The predicted molar refractivity (Wildman–Crippen MR) is 92.3 cm³/mol. The van der Waals surface area contributed by atoms with Crippen molar-refractivity contribution in [2.24, 2.45) is 7.05 Å². The van der Waals surface area contributed by atoms with Crippen molar-refractivity contribution in [3.05, 3.63) is 64.6 Å². The summed E-state index contributed by atoms with van der Waals surface area (Å²) in [5.41, 5.74) is 2.42. The van der Waals surface area contributed by atoms with Crippen molar-refractivity contribution in [3.8, 4) is 0 Å². The van der Waals surface area contributed by atoms with Gasteiger partial charge in [-0.25, -0.2) is 4.79 Å². The molecule has 24 heavy (non-hydrogen) atoms. The number of aromatic nitrogens is 2. The van der Waals surface area contributed by atoms with Crippen molar-refractivity contribution in [2.45, 2.75) is 13.5 Å². The van der Waals surface area contributed by atoms with Crippen LogP contribution < -0.4 is 11.0 Å². The maximum Gasteiger partial charge on any atom is 0.329 e. The Labute approximate surface area is 138 Å². The summed E-state index contributed by atoms with van der Waals surface area (Å²) < 4.78 is 2.96. The molecule has 0 aliphatic rings. The number of Topliss-reactive ketones (excluding diaryl/α,β-unsaturated/α-hetero) is 1. The maximum absolute atomic E-state index is 12.3. The zero-order valence-corrected chi connectivity index (χ0v) is 13.4. The first-order chi connectivity index (χ1) is 11.5. The molecule has 0 radical (unpaired) electrons. The lowest BCUT2D eigenvalue weighted by atomic mass is 10.1. The van der Waals surface area contributed by atoms with Gasteiger partial charge in [-0.1, -0.05) is 12.1 Å². The number of carbonyl (C=O) groups is 2. The van der Waals surface area contributed by atoms with E-state index in [1.165, 1.54) is 16.1 Å². The highest BCUT2D eigenvalue weighted by atomic mass is 16.2. The van der Waals surface area contributed by atoms with Gasteiger partial charge in [-0.3, -0.25) is 18.7 Å². The molecule has 3 aromatic rings. The number of aryl methyl sites for hydroxylation is 1. The Bertz CT molecular complexity index is 981. The third-order valence-electron chi connectivity index (χ3n) is 3.93. The first-order valence-electron chi connectivity index (χ1n) is 7.52. The Kier molecular flexibility index (Phi) is 4.04. The van der Waals surface area contributed by atoms with Crippen LogP contribution in [0, 0.1) is 0 Å². The number of hydrogen-bond donors (Lipinski definition) is 1. The second kappa shape index (κ2) is 6.16. The van der Waals surface area contributed by atoms with Crippen LogP contribution in [0.25, 0.3) is 11.0 Å². The van der Waals surface area contributed by atoms with E-state index in [1.54, 1.807) is 31.3 Å². The molecule has 0 unspecified atom stereocenters. The van der Waals surface area contributed by atoms with Crippen LogP contribution in [-0.4, -0.2) is 20.8 Å². The quantitative estimate of drug-likeness (QED) is 0.748. The number of para-hydroxylation sites is 2. The molecule has 6 heteroatoms. The lowest BCUT2D eigenvalue weighted by Crippen LogP contribution is -2.28. The van der Waals surface area contributed by atoms with Gasteiger partial charge in [0, 0.05) is 18.3 Å². The van der Waals surface area contributed by atoms with Gasteiger partial charge in [-0.2, -0.15) is 0 Å². The topological polar surface area (TPSA) is 73.1 Å². The summed E-state index contributed by atoms with van der Waals surface area (Å²) >= 11 is 0. The van der Waals surface area contributed by atoms with Crippen molar-refractivity contribution in [3.63, 3.8) is 0 Å². The average molecular weight is 323 g/mol. The molecule has 0 saturated heterocycles. The zero-order chi connectivity index (χ0) is 17.3.